The first-order valence-electron chi connectivity index (χ1n) is 8.44. The molecule has 3 aromatic rings. The van der Waals surface area contributed by atoms with Crippen molar-refractivity contribution in [3.05, 3.63) is 48.0 Å². The van der Waals surface area contributed by atoms with Crippen molar-refractivity contribution in [1.82, 2.24) is 4.57 Å². The molecule has 0 spiro atoms. The lowest BCUT2D eigenvalue weighted by atomic mass is 10.1. The van der Waals surface area contributed by atoms with Crippen LogP contribution in [0.2, 0.25) is 0 Å². The number of nitrogens with zero attached hydrogens (tertiary/aromatic N) is 1. The smallest absolute Gasteiger partial charge is 0.338 e. The van der Waals surface area contributed by atoms with Gasteiger partial charge in [0.1, 0.15) is 0 Å². The minimum atomic E-state index is -0.253. The molecular weight excluding hydrogens is 286 g/mol. The van der Waals surface area contributed by atoms with Gasteiger partial charge in [0.25, 0.3) is 0 Å². The van der Waals surface area contributed by atoms with E-state index in [9.17, 15) is 4.79 Å². The number of hydrogen-bond donors (Lipinski definition) is 0. The molecule has 3 rings (SSSR count). The zero-order valence-corrected chi connectivity index (χ0v) is 13.8. The summed E-state index contributed by atoms with van der Waals surface area (Å²) in [4.78, 5) is 12.0. The number of fused-ring (bicyclic) bond motifs is 3. The van der Waals surface area contributed by atoms with E-state index in [1.54, 1.807) is 0 Å². The molecule has 0 N–H and O–H groups in total. The van der Waals surface area contributed by atoms with Crippen molar-refractivity contribution in [2.24, 2.45) is 0 Å². The van der Waals surface area contributed by atoms with E-state index < -0.39 is 0 Å². The Balaban J connectivity index is 2.12. The fourth-order valence-corrected chi connectivity index (χ4v) is 3.16. The number of aryl methyl sites for hydroxylation is 1. The van der Waals surface area contributed by atoms with E-state index in [0.29, 0.717) is 12.2 Å². The number of carbonyl (C=O) groups is 1. The van der Waals surface area contributed by atoms with Crippen LogP contribution in [0.15, 0.2) is 42.5 Å². The summed E-state index contributed by atoms with van der Waals surface area (Å²) in [6, 6.07) is 14.3. The van der Waals surface area contributed by atoms with Crippen molar-refractivity contribution in [3.8, 4) is 0 Å². The van der Waals surface area contributed by atoms with Crippen LogP contribution in [0.5, 0.6) is 0 Å². The van der Waals surface area contributed by atoms with E-state index in [0.717, 1.165) is 11.9 Å². The molecule has 1 aromatic heterocycles. The molecule has 0 amide bonds. The molecule has 0 bridgehead atoms. The van der Waals surface area contributed by atoms with Crippen molar-refractivity contribution in [3.63, 3.8) is 0 Å². The molecule has 2 aromatic carbocycles. The molecule has 23 heavy (non-hydrogen) atoms. The first kappa shape index (κ1) is 15.6. The van der Waals surface area contributed by atoms with Gasteiger partial charge in [-0.25, -0.2) is 4.79 Å². The molecule has 0 saturated carbocycles. The van der Waals surface area contributed by atoms with Gasteiger partial charge < -0.3 is 9.30 Å². The van der Waals surface area contributed by atoms with Crippen LogP contribution in [0.3, 0.4) is 0 Å². The minimum Gasteiger partial charge on any atom is -0.462 e. The Kier molecular flexibility index (Phi) is 4.65. The van der Waals surface area contributed by atoms with Gasteiger partial charge in [0.15, 0.2) is 0 Å². The predicted molar refractivity (Wildman–Crippen MR) is 94.9 cm³/mol. The molecule has 0 unspecified atom stereocenters. The van der Waals surface area contributed by atoms with E-state index in [1.807, 2.05) is 25.1 Å². The van der Waals surface area contributed by atoms with Crippen molar-refractivity contribution in [1.29, 1.82) is 0 Å². The van der Waals surface area contributed by atoms with Crippen LogP contribution >= 0.6 is 0 Å². The number of rotatable bonds is 6. The Morgan fingerprint density at radius 3 is 2.57 bits per heavy atom. The van der Waals surface area contributed by atoms with E-state index in [1.165, 1.54) is 35.7 Å². The van der Waals surface area contributed by atoms with Crippen molar-refractivity contribution >= 4 is 27.8 Å². The summed E-state index contributed by atoms with van der Waals surface area (Å²) in [5, 5.41) is 2.33. The normalized spacial score (nSPS) is 11.2. The first-order valence-corrected chi connectivity index (χ1v) is 8.44. The second-order valence-corrected chi connectivity index (χ2v) is 5.83. The molecule has 0 aliphatic carbocycles. The number of ether oxygens (including phenoxy) is 1. The molecule has 0 fully saturated rings. The largest absolute Gasteiger partial charge is 0.462 e. The second-order valence-electron chi connectivity index (χ2n) is 5.83. The maximum Gasteiger partial charge on any atom is 0.338 e. The summed E-state index contributed by atoms with van der Waals surface area (Å²) >= 11 is 0. The zero-order chi connectivity index (χ0) is 16.2. The number of unbranched alkanes of at least 4 members (excludes halogenated alkanes) is 2. The van der Waals surface area contributed by atoms with Crippen LogP contribution in [0, 0.1) is 0 Å². The highest BCUT2D eigenvalue weighted by Gasteiger charge is 2.13. The third kappa shape index (κ3) is 2.96. The number of carbonyl (C=O) groups excluding carboxylic acids is 1. The van der Waals surface area contributed by atoms with Gasteiger partial charge in [0.05, 0.1) is 12.2 Å². The standard InChI is InChI=1S/C20H23NO2/c1-3-5-8-13-21-18-10-7-6-9-16(18)17-14-15(11-12-19(17)21)20(22)23-4-2/h6-7,9-12,14H,3-5,8,13H2,1-2H3. The van der Waals surface area contributed by atoms with Gasteiger partial charge in [-0.1, -0.05) is 38.0 Å². The minimum absolute atomic E-state index is 0.253. The lowest BCUT2D eigenvalue weighted by Crippen LogP contribution is -2.04. The molecule has 3 heteroatoms. The summed E-state index contributed by atoms with van der Waals surface area (Å²) in [5.41, 5.74) is 3.05. The molecule has 1 heterocycles. The van der Waals surface area contributed by atoms with Gasteiger partial charge in [-0.2, -0.15) is 0 Å². The fraction of sp³-hybridized carbons (Fsp3) is 0.350. The van der Waals surface area contributed by atoms with Gasteiger partial charge in [-0.3, -0.25) is 0 Å². The van der Waals surface area contributed by atoms with Gasteiger partial charge in [-0.05, 0) is 37.6 Å². The van der Waals surface area contributed by atoms with Crippen LogP contribution in [0.25, 0.3) is 21.8 Å². The maximum absolute atomic E-state index is 12.0. The summed E-state index contributed by atoms with van der Waals surface area (Å²) in [6.07, 6.45) is 3.61. The molecule has 3 nitrogen and oxygen atoms in total. The topological polar surface area (TPSA) is 31.2 Å². The number of hydrogen-bond acceptors (Lipinski definition) is 2. The first-order chi connectivity index (χ1) is 11.3. The zero-order valence-electron chi connectivity index (χ0n) is 13.8. The van der Waals surface area contributed by atoms with Crippen LogP contribution in [0.1, 0.15) is 43.5 Å². The SMILES string of the molecule is CCCCCn1c2ccccc2c2cc(C(=O)OCC)ccc21. The Hall–Kier alpha value is -2.29. The highest BCUT2D eigenvalue weighted by molar-refractivity contribution is 6.10. The lowest BCUT2D eigenvalue weighted by molar-refractivity contribution is 0.0526. The van der Waals surface area contributed by atoms with Crippen LogP contribution in [0.4, 0.5) is 0 Å². The lowest BCUT2D eigenvalue weighted by Gasteiger charge is -2.07. The van der Waals surface area contributed by atoms with Crippen molar-refractivity contribution < 1.29 is 9.53 Å². The summed E-state index contributed by atoms with van der Waals surface area (Å²) in [5.74, 6) is -0.253. The van der Waals surface area contributed by atoms with Crippen LogP contribution in [-0.2, 0) is 11.3 Å². The second kappa shape index (κ2) is 6.86. The van der Waals surface area contributed by atoms with E-state index in [4.69, 9.17) is 4.74 Å². The van der Waals surface area contributed by atoms with Gasteiger partial charge in [0.2, 0.25) is 0 Å². The van der Waals surface area contributed by atoms with Crippen LogP contribution in [-0.4, -0.2) is 17.1 Å². The van der Waals surface area contributed by atoms with E-state index >= 15 is 0 Å². The number of benzene rings is 2. The Labute approximate surface area is 136 Å². The van der Waals surface area contributed by atoms with Gasteiger partial charge >= 0.3 is 5.97 Å². The number of para-hydroxylation sites is 1. The third-order valence-electron chi connectivity index (χ3n) is 4.27. The quantitative estimate of drug-likeness (QED) is 0.465. The molecule has 0 atom stereocenters. The monoisotopic (exact) mass is 309 g/mol. The van der Waals surface area contributed by atoms with Crippen molar-refractivity contribution in [2.45, 2.75) is 39.7 Å². The summed E-state index contributed by atoms with van der Waals surface area (Å²) in [7, 11) is 0. The average Bonchev–Trinajstić information content (AvgIpc) is 2.89. The summed E-state index contributed by atoms with van der Waals surface area (Å²) in [6.45, 7) is 5.46. The Morgan fingerprint density at radius 1 is 1.00 bits per heavy atom. The number of esters is 1. The van der Waals surface area contributed by atoms with Gasteiger partial charge in [0, 0.05) is 28.4 Å². The third-order valence-corrected chi connectivity index (χ3v) is 4.27. The van der Waals surface area contributed by atoms with E-state index in [2.05, 4.69) is 35.8 Å². The van der Waals surface area contributed by atoms with E-state index in [-0.39, 0.29) is 5.97 Å². The average molecular weight is 309 g/mol. The summed E-state index contributed by atoms with van der Waals surface area (Å²) < 4.78 is 7.50. The Morgan fingerprint density at radius 2 is 1.78 bits per heavy atom. The van der Waals surface area contributed by atoms with Crippen LogP contribution < -0.4 is 0 Å². The molecule has 120 valence electrons. The van der Waals surface area contributed by atoms with Crippen molar-refractivity contribution in [2.75, 3.05) is 6.61 Å². The molecule has 0 saturated heterocycles. The molecule has 0 aliphatic rings. The molecule has 0 radical (unpaired) electrons. The maximum atomic E-state index is 12.0. The van der Waals surface area contributed by atoms with Gasteiger partial charge in [-0.15, -0.1) is 0 Å². The highest BCUT2D eigenvalue weighted by Crippen LogP contribution is 2.30. The fourth-order valence-electron chi connectivity index (χ4n) is 3.16. The predicted octanol–water partition coefficient (Wildman–Crippen LogP) is 5.16. The number of aromatic nitrogens is 1. The highest BCUT2D eigenvalue weighted by atomic mass is 16.5. The molecule has 0 aliphatic heterocycles. The molecular formula is C20H23NO2. The Bertz CT molecular complexity index is 832.